The molecule has 0 aliphatic carbocycles. The van der Waals surface area contributed by atoms with Gasteiger partial charge in [0.25, 0.3) is 0 Å². The molecule has 166 valence electrons. The Labute approximate surface area is 199 Å². The van der Waals surface area contributed by atoms with Gasteiger partial charge in [-0.15, -0.1) is 21.5 Å². The third-order valence-corrected chi connectivity index (χ3v) is 7.11. The zero-order valence-corrected chi connectivity index (χ0v) is 19.5. The highest BCUT2D eigenvalue weighted by molar-refractivity contribution is 7.15. The van der Waals surface area contributed by atoms with E-state index in [9.17, 15) is 9.90 Å². The van der Waals surface area contributed by atoms with Crippen LogP contribution in [0.2, 0.25) is 5.02 Å². The summed E-state index contributed by atoms with van der Waals surface area (Å²) >= 11 is 8.22. The Morgan fingerprint density at radius 2 is 1.85 bits per heavy atom. The van der Waals surface area contributed by atoms with Crippen LogP contribution < -0.4 is 4.90 Å². The van der Waals surface area contributed by atoms with Crippen LogP contribution in [0.5, 0.6) is 0 Å². The second-order valence-electron chi connectivity index (χ2n) is 7.55. The van der Waals surface area contributed by atoms with Crippen LogP contribution in [-0.4, -0.2) is 31.7 Å². The molecule has 1 N–H and O–H groups in total. The summed E-state index contributed by atoms with van der Waals surface area (Å²) in [5.41, 5.74) is 2.74. The summed E-state index contributed by atoms with van der Waals surface area (Å²) in [5.74, 6) is 1.10. The summed E-state index contributed by atoms with van der Waals surface area (Å²) in [7, 11) is 0. The number of halogens is 1. The monoisotopic (exact) mass is 477 g/mol. The van der Waals surface area contributed by atoms with Crippen molar-refractivity contribution in [1.29, 1.82) is 0 Å². The van der Waals surface area contributed by atoms with Crippen LogP contribution in [0.25, 0.3) is 5.00 Å². The number of aryl methyl sites for hydroxylation is 2. The molecule has 0 bridgehead atoms. The number of aromatic nitrogens is 3. The topological polar surface area (TPSA) is 83.6 Å². The van der Waals surface area contributed by atoms with E-state index in [-0.39, 0.29) is 0 Å². The molecule has 1 amide bonds. The highest BCUT2D eigenvalue weighted by atomic mass is 35.5. The number of carboxylic acid groups (broad SMARTS) is 1. The Morgan fingerprint density at radius 3 is 2.55 bits per heavy atom. The molecule has 1 atom stereocenters. The standard InChI is InChI=1S/C24H20ClN5O2S/c1-3-16-13-18-20(17-11-7-8-12-19(17)25)26-21(22-28-27-14(2)29(22)23(18)33-16)30(24(31)32)15-9-5-4-6-10-15/h4-13,21H,3H2,1-2H3,(H,31,32). The van der Waals surface area contributed by atoms with E-state index in [0.717, 1.165) is 22.5 Å². The Morgan fingerprint density at radius 1 is 1.12 bits per heavy atom. The number of para-hydroxylation sites is 1. The second kappa shape index (κ2) is 8.46. The molecule has 2 aromatic carbocycles. The van der Waals surface area contributed by atoms with Crippen LogP contribution in [0.3, 0.4) is 0 Å². The van der Waals surface area contributed by atoms with Gasteiger partial charge in [0.05, 0.1) is 5.71 Å². The molecule has 1 aliphatic rings. The molecular formula is C24H20ClN5O2S. The summed E-state index contributed by atoms with van der Waals surface area (Å²) in [5, 5.41) is 20.4. The average molecular weight is 478 g/mol. The lowest BCUT2D eigenvalue weighted by Crippen LogP contribution is -2.34. The van der Waals surface area contributed by atoms with E-state index < -0.39 is 12.3 Å². The van der Waals surface area contributed by atoms with E-state index in [1.54, 1.807) is 35.6 Å². The Balaban J connectivity index is 1.84. The zero-order valence-electron chi connectivity index (χ0n) is 17.9. The van der Waals surface area contributed by atoms with E-state index in [4.69, 9.17) is 16.6 Å². The predicted octanol–water partition coefficient (Wildman–Crippen LogP) is 5.89. The molecule has 1 unspecified atom stereocenters. The Kier molecular flexibility index (Phi) is 5.47. The van der Waals surface area contributed by atoms with Crippen molar-refractivity contribution in [2.24, 2.45) is 4.99 Å². The lowest BCUT2D eigenvalue weighted by molar-refractivity contribution is 0.199. The Bertz CT molecular complexity index is 1380. The number of hydrogen-bond acceptors (Lipinski definition) is 5. The van der Waals surface area contributed by atoms with Crippen LogP contribution in [-0.2, 0) is 6.42 Å². The molecule has 2 aromatic heterocycles. The fourth-order valence-electron chi connectivity index (χ4n) is 3.97. The van der Waals surface area contributed by atoms with Gasteiger partial charge in [-0.3, -0.25) is 9.56 Å². The fourth-order valence-corrected chi connectivity index (χ4v) is 5.35. The van der Waals surface area contributed by atoms with Gasteiger partial charge in [-0.25, -0.2) is 9.69 Å². The molecule has 1 aliphatic heterocycles. The second-order valence-corrected chi connectivity index (χ2v) is 9.07. The number of carbonyl (C=O) groups is 1. The van der Waals surface area contributed by atoms with Crippen molar-refractivity contribution < 1.29 is 9.90 Å². The molecule has 7 nitrogen and oxygen atoms in total. The van der Waals surface area contributed by atoms with E-state index in [0.29, 0.717) is 28.1 Å². The van der Waals surface area contributed by atoms with Gasteiger partial charge in [-0.1, -0.05) is 54.9 Å². The number of aliphatic imine (C=N–C) groups is 1. The van der Waals surface area contributed by atoms with Gasteiger partial charge in [0.2, 0.25) is 0 Å². The summed E-state index contributed by atoms with van der Waals surface area (Å²) in [6.07, 6.45) is -1.24. The molecule has 33 heavy (non-hydrogen) atoms. The predicted molar refractivity (Wildman–Crippen MR) is 130 cm³/mol. The summed E-state index contributed by atoms with van der Waals surface area (Å²) < 4.78 is 1.91. The molecule has 3 heterocycles. The van der Waals surface area contributed by atoms with Crippen molar-refractivity contribution in [3.63, 3.8) is 0 Å². The van der Waals surface area contributed by atoms with Crippen LogP contribution in [0.4, 0.5) is 10.5 Å². The summed E-state index contributed by atoms with van der Waals surface area (Å²) in [4.78, 5) is 19.9. The van der Waals surface area contributed by atoms with Crippen molar-refractivity contribution >= 4 is 40.4 Å². The number of amides is 1. The molecular weight excluding hydrogens is 458 g/mol. The molecule has 9 heteroatoms. The number of fused-ring (bicyclic) bond motifs is 3. The first-order valence-corrected chi connectivity index (χ1v) is 11.6. The normalized spacial score (nSPS) is 14.8. The van der Waals surface area contributed by atoms with Crippen LogP contribution >= 0.6 is 22.9 Å². The smallest absolute Gasteiger partial charge is 0.413 e. The number of benzene rings is 2. The maximum atomic E-state index is 12.5. The van der Waals surface area contributed by atoms with Crippen molar-refractivity contribution in [1.82, 2.24) is 14.8 Å². The lowest BCUT2D eigenvalue weighted by Gasteiger charge is -2.25. The lowest BCUT2D eigenvalue weighted by atomic mass is 10.0. The maximum absolute atomic E-state index is 12.5. The third-order valence-electron chi connectivity index (χ3n) is 5.52. The van der Waals surface area contributed by atoms with Gasteiger partial charge in [0.15, 0.2) is 12.0 Å². The van der Waals surface area contributed by atoms with Crippen molar-refractivity contribution in [3.05, 3.63) is 93.3 Å². The maximum Gasteiger partial charge on any atom is 0.413 e. The van der Waals surface area contributed by atoms with Gasteiger partial charge in [-0.05, 0) is 37.6 Å². The first kappa shape index (κ1) is 21.4. The number of anilines is 1. The van der Waals surface area contributed by atoms with Crippen molar-refractivity contribution in [2.45, 2.75) is 26.4 Å². The molecule has 0 fully saturated rings. The first-order chi connectivity index (χ1) is 16.0. The molecule has 0 saturated carbocycles. The third kappa shape index (κ3) is 3.61. The molecule has 4 aromatic rings. The van der Waals surface area contributed by atoms with Gasteiger partial charge < -0.3 is 5.11 Å². The highest BCUT2D eigenvalue weighted by Gasteiger charge is 2.36. The van der Waals surface area contributed by atoms with Crippen molar-refractivity contribution in [3.8, 4) is 5.00 Å². The zero-order chi connectivity index (χ0) is 23.1. The van der Waals surface area contributed by atoms with Crippen LogP contribution in [0, 0.1) is 6.92 Å². The van der Waals surface area contributed by atoms with Gasteiger partial charge in [-0.2, -0.15) is 0 Å². The molecule has 0 spiro atoms. The average Bonchev–Trinajstić information content (AvgIpc) is 3.37. The number of rotatable bonds is 4. The molecule has 5 rings (SSSR count). The summed E-state index contributed by atoms with van der Waals surface area (Å²) in [6, 6.07) is 18.5. The minimum Gasteiger partial charge on any atom is -0.465 e. The largest absolute Gasteiger partial charge is 0.465 e. The molecule has 0 saturated heterocycles. The van der Waals surface area contributed by atoms with Crippen LogP contribution in [0.15, 0.2) is 65.7 Å². The Hall–Kier alpha value is -3.49. The van der Waals surface area contributed by atoms with Gasteiger partial charge in [0, 0.05) is 26.7 Å². The minimum absolute atomic E-state index is 0.437. The van der Waals surface area contributed by atoms with Crippen LogP contribution in [0.1, 0.15) is 40.7 Å². The van der Waals surface area contributed by atoms with Gasteiger partial charge >= 0.3 is 6.09 Å². The minimum atomic E-state index is -1.14. The van der Waals surface area contributed by atoms with E-state index >= 15 is 0 Å². The van der Waals surface area contributed by atoms with E-state index in [2.05, 4.69) is 23.2 Å². The number of nitrogens with zero attached hydrogens (tertiary/aromatic N) is 5. The molecule has 0 radical (unpaired) electrons. The number of thiophene rings is 1. The first-order valence-electron chi connectivity index (χ1n) is 10.4. The highest BCUT2D eigenvalue weighted by Crippen LogP contribution is 2.39. The van der Waals surface area contributed by atoms with Crippen molar-refractivity contribution in [2.75, 3.05) is 4.90 Å². The van der Waals surface area contributed by atoms with E-state index in [1.807, 2.05) is 41.8 Å². The quantitative estimate of drug-likeness (QED) is 0.397. The number of hydrogen-bond donors (Lipinski definition) is 1. The van der Waals surface area contributed by atoms with Gasteiger partial charge in [0.1, 0.15) is 10.8 Å². The van der Waals surface area contributed by atoms with E-state index in [1.165, 1.54) is 9.78 Å². The SMILES string of the molecule is CCc1cc2c(s1)-n1c(C)nnc1C(N(C(=O)O)c1ccccc1)N=C2c1ccccc1Cl. The fraction of sp³-hybridized carbons (Fsp3) is 0.167. The summed E-state index contributed by atoms with van der Waals surface area (Å²) in [6.45, 7) is 3.96.